The SMILES string of the molecule is COc1ccc(Cl)cc1/C(O)=C1\C(=O)C(=O)N(c2ccc(F)c(Cl)c2)C1c1ccc(Cl)cc1. The lowest BCUT2D eigenvalue weighted by Gasteiger charge is -2.26. The standard InChI is InChI=1S/C24H15Cl3FNO4/c1-33-19-9-6-14(26)10-16(19)22(30)20-21(12-2-4-13(25)5-3-12)29(24(32)23(20)31)15-7-8-18(28)17(27)11-15/h2-11,21,30H,1H3/b22-20+. The van der Waals surface area contributed by atoms with Crippen LogP contribution in [0, 0.1) is 5.82 Å². The summed E-state index contributed by atoms with van der Waals surface area (Å²) in [6.07, 6.45) is 0. The van der Waals surface area contributed by atoms with Gasteiger partial charge in [0.05, 0.1) is 29.3 Å². The minimum Gasteiger partial charge on any atom is -0.507 e. The molecule has 0 aliphatic carbocycles. The van der Waals surface area contributed by atoms with Gasteiger partial charge in [-0.05, 0) is 54.1 Å². The fourth-order valence-electron chi connectivity index (χ4n) is 3.70. The van der Waals surface area contributed by atoms with Crippen LogP contribution in [0.1, 0.15) is 17.2 Å². The van der Waals surface area contributed by atoms with Crippen LogP contribution in [0.3, 0.4) is 0 Å². The molecule has 1 N–H and O–H groups in total. The first-order chi connectivity index (χ1) is 15.7. The molecule has 9 heteroatoms. The number of carbonyl (C=O) groups excluding carboxylic acids is 2. The summed E-state index contributed by atoms with van der Waals surface area (Å²) < 4.78 is 19.1. The van der Waals surface area contributed by atoms with Gasteiger partial charge in [-0.3, -0.25) is 14.5 Å². The van der Waals surface area contributed by atoms with E-state index in [1.54, 1.807) is 30.3 Å². The number of nitrogens with zero attached hydrogens (tertiary/aromatic N) is 1. The monoisotopic (exact) mass is 505 g/mol. The number of halogens is 4. The van der Waals surface area contributed by atoms with Gasteiger partial charge in [0.1, 0.15) is 17.3 Å². The molecule has 1 fully saturated rings. The van der Waals surface area contributed by atoms with E-state index < -0.39 is 29.3 Å². The number of amides is 1. The highest BCUT2D eigenvalue weighted by Gasteiger charge is 2.47. The van der Waals surface area contributed by atoms with Gasteiger partial charge in [0.25, 0.3) is 11.7 Å². The molecule has 0 radical (unpaired) electrons. The number of hydrogen-bond acceptors (Lipinski definition) is 4. The summed E-state index contributed by atoms with van der Waals surface area (Å²) in [6.45, 7) is 0. The van der Waals surface area contributed by atoms with Gasteiger partial charge in [-0.25, -0.2) is 4.39 Å². The van der Waals surface area contributed by atoms with E-state index in [-0.39, 0.29) is 27.6 Å². The average Bonchev–Trinajstić information content (AvgIpc) is 3.06. The predicted molar refractivity (Wildman–Crippen MR) is 126 cm³/mol. The lowest BCUT2D eigenvalue weighted by molar-refractivity contribution is -0.132. The van der Waals surface area contributed by atoms with Crippen LogP contribution in [-0.4, -0.2) is 23.9 Å². The van der Waals surface area contributed by atoms with Gasteiger partial charge in [-0.15, -0.1) is 0 Å². The zero-order chi connectivity index (χ0) is 23.9. The van der Waals surface area contributed by atoms with Crippen molar-refractivity contribution in [1.29, 1.82) is 0 Å². The summed E-state index contributed by atoms with van der Waals surface area (Å²) in [5.74, 6) is -2.75. The van der Waals surface area contributed by atoms with Crippen molar-refractivity contribution in [3.63, 3.8) is 0 Å². The predicted octanol–water partition coefficient (Wildman–Crippen LogP) is 6.42. The number of rotatable bonds is 4. The van der Waals surface area contributed by atoms with Gasteiger partial charge in [0, 0.05) is 15.7 Å². The lowest BCUT2D eigenvalue weighted by Crippen LogP contribution is -2.29. The first-order valence-corrected chi connectivity index (χ1v) is 10.7. The largest absolute Gasteiger partial charge is 0.507 e. The van der Waals surface area contributed by atoms with E-state index in [0.29, 0.717) is 15.6 Å². The first-order valence-electron chi connectivity index (χ1n) is 9.58. The van der Waals surface area contributed by atoms with Crippen LogP contribution in [0.4, 0.5) is 10.1 Å². The van der Waals surface area contributed by atoms with Crippen molar-refractivity contribution in [2.75, 3.05) is 12.0 Å². The highest BCUT2D eigenvalue weighted by Crippen LogP contribution is 2.44. The highest BCUT2D eigenvalue weighted by atomic mass is 35.5. The second-order valence-electron chi connectivity index (χ2n) is 7.16. The molecule has 168 valence electrons. The molecule has 1 aliphatic rings. The summed E-state index contributed by atoms with van der Waals surface area (Å²) in [5.41, 5.74) is 0.615. The van der Waals surface area contributed by atoms with Crippen LogP contribution in [0.15, 0.2) is 66.2 Å². The molecule has 3 aromatic carbocycles. The van der Waals surface area contributed by atoms with Crippen LogP contribution in [0.5, 0.6) is 5.75 Å². The quantitative estimate of drug-likeness (QED) is 0.252. The molecule has 1 unspecified atom stereocenters. The van der Waals surface area contributed by atoms with Crippen molar-refractivity contribution in [2.24, 2.45) is 0 Å². The minimum absolute atomic E-state index is 0.138. The number of anilines is 1. The molecule has 0 bridgehead atoms. The topological polar surface area (TPSA) is 66.8 Å². The molecule has 1 heterocycles. The van der Waals surface area contributed by atoms with Gasteiger partial charge in [-0.2, -0.15) is 0 Å². The third kappa shape index (κ3) is 4.17. The molecule has 0 aromatic heterocycles. The Bertz CT molecular complexity index is 1310. The van der Waals surface area contributed by atoms with E-state index in [1.807, 2.05) is 0 Å². The van der Waals surface area contributed by atoms with E-state index in [0.717, 1.165) is 11.0 Å². The smallest absolute Gasteiger partial charge is 0.300 e. The Morgan fingerprint density at radius 1 is 0.970 bits per heavy atom. The molecule has 3 aromatic rings. The highest BCUT2D eigenvalue weighted by molar-refractivity contribution is 6.52. The molecular formula is C24H15Cl3FNO4. The van der Waals surface area contributed by atoms with E-state index in [9.17, 15) is 19.1 Å². The molecule has 1 amide bonds. The summed E-state index contributed by atoms with van der Waals surface area (Å²) >= 11 is 18.1. The zero-order valence-electron chi connectivity index (χ0n) is 17.0. The fourth-order valence-corrected chi connectivity index (χ4v) is 4.18. The van der Waals surface area contributed by atoms with Crippen molar-refractivity contribution >= 4 is 57.9 Å². The first kappa shape index (κ1) is 23.1. The second kappa shape index (κ2) is 9.06. The average molecular weight is 507 g/mol. The second-order valence-corrected chi connectivity index (χ2v) is 8.44. The molecule has 1 saturated heterocycles. The molecule has 1 aliphatic heterocycles. The van der Waals surface area contributed by atoms with Gasteiger partial charge in [0.2, 0.25) is 0 Å². The Balaban J connectivity index is 1.99. The lowest BCUT2D eigenvalue weighted by atomic mass is 9.95. The number of ketones is 1. The van der Waals surface area contributed by atoms with E-state index in [2.05, 4.69) is 0 Å². The van der Waals surface area contributed by atoms with E-state index in [1.165, 1.54) is 31.4 Å². The Morgan fingerprint density at radius 2 is 1.64 bits per heavy atom. The Hall–Kier alpha value is -3.06. The van der Waals surface area contributed by atoms with E-state index >= 15 is 0 Å². The summed E-state index contributed by atoms with van der Waals surface area (Å²) in [5, 5.41) is 11.7. The van der Waals surface area contributed by atoms with Crippen LogP contribution < -0.4 is 9.64 Å². The molecule has 0 saturated carbocycles. The molecule has 1 atom stereocenters. The Kier molecular flexibility index (Phi) is 6.34. The number of ether oxygens (including phenoxy) is 1. The summed E-state index contributed by atoms with van der Waals surface area (Å²) in [7, 11) is 1.40. The molecule has 4 rings (SSSR count). The normalized spacial score (nSPS) is 17.5. The number of hydrogen-bond donors (Lipinski definition) is 1. The van der Waals surface area contributed by atoms with Gasteiger partial charge >= 0.3 is 0 Å². The number of aliphatic hydroxyl groups excluding tert-OH is 1. The maximum Gasteiger partial charge on any atom is 0.300 e. The van der Waals surface area contributed by atoms with Crippen molar-refractivity contribution in [1.82, 2.24) is 0 Å². The van der Waals surface area contributed by atoms with Crippen LogP contribution in [-0.2, 0) is 9.59 Å². The maximum atomic E-state index is 13.8. The summed E-state index contributed by atoms with van der Waals surface area (Å²) in [4.78, 5) is 27.5. The fraction of sp³-hybridized carbons (Fsp3) is 0.0833. The Labute approximate surface area is 203 Å². The van der Waals surface area contributed by atoms with E-state index in [4.69, 9.17) is 39.5 Å². The Morgan fingerprint density at radius 3 is 2.27 bits per heavy atom. The van der Waals surface area contributed by atoms with Crippen LogP contribution in [0.25, 0.3) is 5.76 Å². The number of methoxy groups -OCH3 is 1. The number of Topliss-reactive ketones (excluding diaryl/α,β-unsaturated/α-hetero) is 1. The third-order valence-corrected chi connectivity index (χ3v) is 6.00. The molecular weight excluding hydrogens is 492 g/mol. The van der Waals surface area contributed by atoms with Crippen molar-refractivity contribution in [3.05, 3.63) is 98.2 Å². The van der Waals surface area contributed by atoms with Crippen molar-refractivity contribution < 1.29 is 23.8 Å². The van der Waals surface area contributed by atoms with Crippen LogP contribution >= 0.6 is 34.8 Å². The third-order valence-electron chi connectivity index (χ3n) is 5.23. The van der Waals surface area contributed by atoms with Gasteiger partial charge in [-0.1, -0.05) is 46.9 Å². The van der Waals surface area contributed by atoms with Crippen LogP contribution in [0.2, 0.25) is 15.1 Å². The molecule has 0 spiro atoms. The molecule has 5 nitrogen and oxygen atoms in total. The zero-order valence-corrected chi connectivity index (χ0v) is 19.2. The number of carbonyl (C=O) groups is 2. The van der Waals surface area contributed by atoms with Gasteiger partial charge < -0.3 is 9.84 Å². The maximum absolute atomic E-state index is 13.8. The number of aliphatic hydroxyl groups is 1. The van der Waals surface area contributed by atoms with Crippen molar-refractivity contribution in [3.8, 4) is 5.75 Å². The van der Waals surface area contributed by atoms with Gasteiger partial charge in [0.15, 0.2) is 0 Å². The molecule has 33 heavy (non-hydrogen) atoms. The minimum atomic E-state index is -1.05. The summed E-state index contributed by atoms with van der Waals surface area (Å²) in [6, 6.07) is 13.6. The van der Waals surface area contributed by atoms with Crippen molar-refractivity contribution in [2.45, 2.75) is 6.04 Å². The number of benzene rings is 3.